The SMILES string of the molecule is Cl.O=C(O)[C@@H]1CCCN(CCO/N=C/c2ccccc2-c2ccc(Cl)cc2Cl)C1. The zero-order chi connectivity index (χ0) is 19.9. The van der Waals surface area contributed by atoms with Crippen LogP contribution in [0.2, 0.25) is 10.0 Å². The maximum Gasteiger partial charge on any atom is 0.307 e. The van der Waals surface area contributed by atoms with Crippen LogP contribution in [0.15, 0.2) is 47.6 Å². The third kappa shape index (κ3) is 6.61. The summed E-state index contributed by atoms with van der Waals surface area (Å²) < 4.78 is 0. The quantitative estimate of drug-likeness (QED) is 0.351. The normalized spacial score (nSPS) is 17.1. The largest absolute Gasteiger partial charge is 0.481 e. The van der Waals surface area contributed by atoms with E-state index in [0.29, 0.717) is 29.7 Å². The molecule has 5 nitrogen and oxygen atoms in total. The van der Waals surface area contributed by atoms with Crippen LogP contribution in [-0.2, 0) is 9.63 Å². The molecule has 0 radical (unpaired) electrons. The van der Waals surface area contributed by atoms with Crippen molar-refractivity contribution in [2.45, 2.75) is 12.8 Å². The minimum absolute atomic E-state index is 0. The van der Waals surface area contributed by atoms with Crippen LogP contribution in [0, 0.1) is 5.92 Å². The summed E-state index contributed by atoms with van der Waals surface area (Å²) in [6, 6.07) is 13.2. The van der Waals surface area contributed by atoms with Crippen molar-refractivity contribution in [2.24, 2.45) is 11.1 Å². The molecule has 29 heavy (non-hydrogen) atoms. The van der Waals surface area contributed by atoms with Gasteiger partial charge >= 0.3 is 5.97 Å². The van der Waals surface area contributed by atoms with E-state index in [1.807, 2.05) is 30.3 Å². The molecule has 8 heteroatoms. The van der Waals surface area contributed by atoms with E-state index in [0.717, 1.165) is 36.1 Å². The van der Waals surface area contributed by atoms with Gasteiger partial charge in [0.2, 0.25) is 0 Å². The van der Waals surface area contributed by atoms with Gasteiger partial charge < -0.3 is 9.94 Å². The Hall–Kier alpha value is -1.79. The standard InChI is InChI=1S/C21H22Cl2N2O3.ClH/c22-17-7-8-19(20(23)12-17)18-6-2-1-4-15(18)13-24-28-11-10-25-9-3-5-16(14-25)21(26)27;/h1-2,4,6-8,12-13,16H,3,5,9-11,14H2,(H,26,27);1H/b24-13+;/t16-;/m1./s1. The molecule has 1 aliphatic rings. The number of carboxylic acid groups (broad SMARTS) is 1. The molecule has 1 aliphatic heterocycles. The molecule has 2 aromatic carbocycles. The summed E-state index contributed by atoms with van der Waals surface area (Å²) in [7, 11) is 0. The van der Waals surface area contributed by atoms with Crippen LogP contribution in [0.25, 0.3) is 11.1 Å². The first-order chi connectivity index (χ1) is 13.5. The highest BCUT2D eigenvalue weighted by molar-refractivity contribution is 6.36. The lowest BCUT2D eigenvalue weighted by molar-refractivity contribution is -0.143. The van der Waals surface area contributed by atoms with Crippen molar-refractivity contribution in [3.63, 3.8) is 0 Å². The fraction of sp³-hybridized carbons (Fsp3) is 0.333. The lowest BCUT2D eigenvalue weighted by Gasteiger charge is -2.29. The summed E-state index contributed by atoms with van der Waals surface area (Å²) in [6.45, 7) is 2.54. The van der Waals surface area contributed by atoms with Gasteiger partial charge in [0.1, 0.15) is 6.61 Å². The van der Waals surface area contributed by atoms with Crippen molar-refractivity contribution >= 4 is 47.8 Å². The molecule has 2 aromatic rings. The number of aliphatic carboxylic acids is 1. The first-order valence-corrected chi connectivity index (χ1v) is 9.95. The summed E-state index contributed by atoms with van der Waals surface area (Å²) >= 11 is 12.3. The van der Waals surface area contributed by atoms with Crippen molar-refractivity contribution < 1.29 is 14.7 Å². The van der Waals surface area contributed by atoms with E-state index in [1.165, 1.54) is 0 Å². The van der Waals surface area contributed by atoms with E-state index in [1.54, 1.807) is 18.3 Å². The van der Waals surface area contributed by atoms with Crippen LogP contribution >= 0.6 is 35.6 Å². The second-order valence-corrected chi connectivity index (χ2v) is 7.60. The molecular formula is C21H23Cl3N2O3. The van der Waals surface area contributed by atoms with E-state index in [-0.39, 0.29) is 18.3 Å². The van der Waals surface area contributed by atoms with E-state index >= 15 is 0 Å². The number of carbonyl (C=O) groups is 1. The molecule has 0 unspecified atom stereocenters. The fourth-order valence-electron chi connectivity index (χ4n) is 3.34. The zero-order valence-corrected chi connectivity index (χ0v) is 18.1. The zero-order valence-electron chi connectivity index (χ0n) is 15.8. The second-order valence-electron chi connectivity index (χ2n) is 6.76. The number of carboxylic acids is 1. The van der Waals surface area contributed by atoms with Crippen molar-refractivity contribution in [1.29, 1.82) is 0 Å². The minimum Gasteiger partial charge on any atom is -0.481 e. The number of nitrogens with zero attached hydrogens (tertiary/aromatic N) is 2. The van der Waals surface area contributed by atoms with E-state index in [2.05, 4.69) is 10.1 Å². The molecule has 1 atom stereocenters. The van der Waals surface area contributed by atoms with E-state index in [9.17, 15) is 4.79 Å². The van der Waals surface area contributed by atoms with Crippen LogP contribution in [0.4, 0.5) is 0 Å². The monoisotopic (exact) mass is 456 g/mol. The molecule has 156 valence electrons. The van der Waals surface area contributed by atoms with Gasteiger partial charge in [0.05, 0.1) is 12.1 Å². The van der Waals surface area contributed by atoms with Crippen molar-refractivity contribution in [3.05, 3.63) is 58.1 Å². The second kappa shape index (κ2) is 11.4. The molecule has 0 aliphatic carbocycles. The third-order valence-corrected chi connectivity index (χ3v) is 5.35. The molecule has 0 bridgehead atoms. The molecule has 1 saturated heterocycles. The van der Waals surface area contributed by atoms with Gasteiger partial charge in [-0.05, 0) is 37.1 Å². The number of likely N-dealkylation sites (tertiary alicyclic amines) is 1. The third-order valence-electron chi connectivity index (χ3n) is 4.80. The van der Waals surface area contributed by atoms with Crippen molar-refractivity contribution in [2.75, 3.05) is 26.2 Å². The predicted molar refractivity (Wildman–Crippen MR) is 119 cm³/mol. The Morgan fingerprint density at radius 2 is 2.03 bits per heavy atom. The number of halogens is 3. The predicted octanol–water partition coefficient (Wildman–Crippen LogP) is 5.23. The molecule has 0 spiro atoms. The van der Waals surface area contributed by atoms with Gasteiger partial charge in [-0.3, -0.25) is 9.69 Å². The summed E-state index contributed by atoms with van der Waals surface area (Å²) in [5.41, 5.74) is 2.70. The highest BCUT2D eigenvalue weighted by Crippen LogP contribution is 2.32. The van der Waals surface area contributed by atoms with Gasteiger partial charge in [-0.2, -0.15) is 0 Å². The van der Waals surface area contributed by atoms with Gasteiger partial charge in [-0.1, -0.05) is 58.7 Å². The van der Waals surface area contributed by atoms with Crippen LogP contribution in [0.1, 0.15) is 18.4 Å². The van der Waals surface area contributed by atoms with E-state index in [4.69, 9.17) is 33.1 Å². The lowest BCUT2D eigenvalue weighted by Crippen LogP contribution is -2.40. The highest BCUT2D eigenvalue weighted by atomic mass is 35.5. The molecule has 1 fully saturated rings. The molecule has 1 N–H and O–H groups in total. The van der Waals surface area contributed by atoms with Crippen LogP contribution < -0.4 is 0 Å². The Morgan fingerprint density at radius 1 is 1.24 bits per heavy atom. The molecule has 0 saturated carbocycles. The van der Waals surface area contributed by atoms with Crippen LogP contribution in [0.3, 0.4) is 0 Å². The number of oxime groups is 1. The Kier molecular flexibility index (Phi) is 9.24. The summed E-state index contributed by atoms with van der Waals surface area (Å²) in [5.74, 6) is -1.01. The van der Waals surface area contributed by atoms with E-state index < -0.39 is 5.97 Å². The Bertz CT molecular complexity index is 861. The number of rotatable bonds is 7. The molecule has 0 amide bonds. The summed E-state index contributed by atoms with van der Waals surface area (Å²) in [4.78, 5) is 18.6. The first-order valence-electron chi connectivity index (χ1n) is 9.19. The Labute approximate surface area is 186 Å². The molecule has 0 aromatic heterocycles. The summed E-state index contributed by atoms with van der Waals surface area (Å²) in [6.07, 6.45) is 3.31. The Balaban J connectivity index is 0.00000300. The topological polar surface area (TPSA) is 62.1 Å². The van der Waals surface area contributed by atoms with Crippen LogP contribution in [0.5, 0.6) is 0 Å². The maximum absolute atomic E-state index is 11.1. The van der Waals surface area contributed by atoms with Crippen molar-refractivity contribution in [1.82, 2.24) is 4.90 Å². The highest BCUT2D eigenvalue weighted by Gasteiger charge is 2.24. The number of hydrogen-bond acceptors (Lipinski definition) is 4. The molecular weight excluding hydrogens is 435 g/mol. The van der Waals surface area contributed by atoms with Gasteiger partial charge in [0.15, 0.2) is 0 Å². The van der Waals surface area contributed by atoms with Gasteiger partial charge in [-0.25, -0.2) is 0 Å². The average molecular weight is 458 g/mol. The minimum atomic E-state index is -0.721. The van der Waals surface area contributed by atoms with Gasteiger partial charge in [-0.15, -0.1) is 12.4 Å². The van der Waals surface area contributed by atoms with Gasteiger partial charge in [0.25, 0.3) is 0 Å². The number of hydrogen-bond donors (Lipinski definition) is 1. The Morgan fingerprint density at radius 3 is 2.79 bits per heavy atom. The number of piperidine rings is 1. The summed E-state index contributed by atoms with van der Waals surface area (Å²) in [5, 5.41) is 14.4. The molecule has 1 heterocycles. The molecule has 3 rings (SSSR count). The first kappa shape index (κ1) is 23.5. The average Bonchev–Trinajstić information content (AvgIpc) is 2.68. The lowest BCUT2D eigenvalue weighted by atomic mass is 9.98. The smallest absolute Gasteiger partial charge is 0.307 e. The van der Waals surface area contributed by atoms with Crippen molar-refractivity contribution in [3.8, 4) is 11.1 Å². The fourth-order valence-corrected chi connectivity index (χ4v) is 3.85. The maximum atomic E-state index is 11.1. The number of benzene rings is 2. The van der Waals surface area contributed by atoms with Crippen LogP contribution in [-0.4, -0.2) is 48.4 Å². The van der Waals surface area contributed by atoms with Gasteiger partial charge in [0, 0.05) is 34.3 Å².